The summed E-state index contributed by atoms with van der Waals surface area (Å²) in [7, 11) is 3.47. The highest BCUT2D eigenvalue weighted by atomic mass is 79.9. The second-order valence-electron chi connectivity index (χ2n) is 11.6. The minimum Gasteiger partial charge on any atom is -0.358 e. The van der Waals surface area contributed by atoms with Gasteiger partial charge in [0.25, 0.3) is 5.91 Å². The third kappa shape index (κ3) is 4.64. The number of aryl methyl sites for hydroxylation is 2. The van der Waals surface area contributed by atoms with E-state index in [0.717, 1.165) is 44.1 Å². The summed E-state index contributed by atoms with van der Waals surface area (Å²) in [5.74, 6) is 0.229. The zero-order chi connectivity index (χ0) is 27.5. The molecule has 4 saturated carbocycles. The molecule has 13 nitrogen and oxygen atoms in total. The Morgan fingerprint density at radius 2 is 1.90 bits per heavy atom. The van der Waals surface area contributed by atoms with Crippen molar-refractivity contribution in [1.29, 1.82) is 0 Å². The number of anilines is 1. The largest absolute Gasteiger partial charge is 0.404 e. The van der Waals surface area contributed by atoms with E-state index in [4.69, 9.17) is 0 Å². The van der Waals surface area contributed by atoms with Gasteiger partial charge in [0.1, 0.15) is 10.2 Å². The summed E-state index contributed by atoms with van der Waals surface area (Å²) in [4.78, 5) is 37.4. The summed E-state index contributed by atoms with van der Waals surface area (Å²) in [6, 6.07) is 0. The molecule has 0 radical (unpaired) electrons. The van der Waals surface area contributed by atoms with E-state index in [9.17, 15) is 19.7 Å². The maximum atomic E-state index is 13.4. The van der Waals surface area contributed by atoms with Crippen LogP contribution in [0.5, 0.6) is 0 Å². The van der Waals surface area contributed by atoms with Crippen molar-refractivity contribution in [2.24, 2.45) is 31.3 Å². The second kappa shape index (κ2) is 9.28. The topological polar surface area (TPSA) is 155 Å². The SMILES string of the molecule is Cn1cc(CNC(=O)c2c(NC(=O)CC34CC5CC(C3)CC(n3cc(Br)c([N+](=O)[O-])n3)(C5)C4)cnn2C)cn1. The molecule has 2 N–H and O–H groups in total. The van der Waals surface area contributed by atoms with Gasteiger partial charge in [0, 0.05) is 38.8 Å². The van der Waals surface area contributed by atoms with E-state index in [1.807, 2.05) is 13.2 Å². The number of hydrogen-bond acceptors (Lipinski definition) is 7. The van der Waals surface area contributed by atoms with E-state index < -0.39 is 4.92 Å². The predicted octanol–water partition coefficient (Wildman–Crippen LogP) is 3.28. The Morgan fingerprint density at radius 1 is 1.15 bits per heavy atom. The van der Waals surface area contributed by atoms with Crippen molar-refractivity contribution in [3.8, 4) is 0 Å². The summed E-state index contributed by atoms with van der Waals surface area (Å²) in [5, 5.41) is 29.9. The van der Waals surface area contributed by atoms with Crippen LogP contribution in [0.2, 0.25) is 0 Å². The highest BCUT2D eigenvalue weighted by Crippen LogP contribution is 2.65. The van der Waals surface area contributed by atoms with Crippen LogP contribution in [-0.2, 0) is 31.0 Å². The molecule has 3 heterocycles. The van der Waals surface area contributed by atoms with E-state index in [2.05, 4.69) is 41.9 Å². The third-order valence-corrected chi connectivity index (χ3v) is 9.20. The van der Waals surface area contributed by atoms with Gasteiger partial charge in [-0.05, 0) is 76.6 Å². The number of halogens is 1. The molecule has 14 heteroatoms. The molecule has 4 bridgehead atoms. The number of amides is 2. The molecule has 4 aliphatic carbocycles. The first-order chi connectivity index (χ1) is 18.5. The molecule has 2 atom stereocenters. The average molecular weight is 600 g/mol. The lowest BCUT2D eigenvalue weighted by atomic mass is 9.46. The Labute approximate surface area is 232 Å². The predicted molar refractivity (Wildman–Crippen MR) is 143 cm³/mol. The molecule has 0 spiro atoms. The van der Waals surface area contributed by atoms with Crippen LogP contribution in [0.3, 0.4) is 0 Å². The van der Waals surface area contributed by atoms with E-state index in [1.165, 1.54) is 10.9 Å². The Kier molecular flexibility index (Phi) is 6.12. The van der Waals surface area contributed by atoms with Gasteiger partial charge in [-0.3, -0.25) is 19.0 Å². The molecule has 4 aliphatic rings. The zero-order valence-corrected chi connectivity index (χ0v) is 23.3. The molecule has 4 fully saturated rings. The fraction of sp³-hybridized carbons (Fsp3) is 0.560. The van der Waals surface area contributed by atoms with Gasteiger partial charge in [-0.1, -0.05) is 0 Å². The molecule has 2 unspecified atom stereocenters. The summed E-state index contributed by atoms with van der Waals surface area (Å²) in [6.45, 7) is 0.306. The van der Waals surface area contributed by atoms with Crippen molar-refractivity contribution in [3.63, 3.8) is 0 Å². The summed E-state index contributed by atoms with van der Waals surface area (Å²) in [5.41, 5.74) is 0.975. The molecule has 2 amide bonds. The lowest BCUT2D eigenvalue weighted by Gasteiger charge is -2.61. The number of carbonyl (C=O) groups is 2. The molecule has 3 aromatic rings. The van der Waals surface area contributed by atoms with Crippen LogP contribution in [-0.4, -0.2) is 46.1 Å². The van der Waals surface area contributed by atoms with Crippen molar-refractivity contribution in [1.82, 2.24) is 34.7 Å². The van der Waals surface area contributed by atoms with E-state index in [1.54, 1.807) is 28.8 Å². The number of nitrogens with zero attached hydrogens (tertiary/aromatic N) is 7. The number of nitrogens with one attached hydrogen (secondary N) is 2. The van der Waals surface area contributed by atoms with Crippen LogP contribution < -0.4 is 10.6 Å². The van der Waals surface area contributed by atoms with Crippen molar-refractivity contribution in [3.05, 3.63) is 50.6 Å². The smallest absolute Gasteiger partial charge is 0.358 e. The fourth-order valence-corrected chi connectivity index (χ4v) is 8.17. The lowest BCUT2D eigenvalue weighted by molar-refractivity contribution is -0.390. The van der Waals surface area contributed by atoms with Crippen molar-refractivity contribution in [2.75, 3.05) is 5.32 Å². The van der Waals surface area contributed by atoms with Crippen LogP contribution in [0.25, 0.3) is 0 Å². The zero-order valence-electron chi connectivity index (χ0n) is 21.8. The van der Waals surface area contributed by atoms with Crippen molar-refractivity contribution >= 4 is 39.2 Å². The molecule has 0 aliphatic heterocycles. The molecule has 3 aromatic heterocycles. The van der Waals surface area contributed by atoms with Crippen molar-refractivity contribution < 1.29 is 14.5 Å². The van der Waals surface area contributed by atoms with Crippen LogP contribution in [0.1, 0.15) is 61.0 Å². The monoisotopic (exact) mass is 599 g/mol. The Hall–Kier alpha value is -3.55. The summed E-state index contributed by atoms with van der Waals surface area (Å²) < 4.78 is 5.29. The first kappa shape index (κ1) is 25.7. The van der Waals surface area contributed by atoms with Gasteiger partial charge < -0.3 is 20.7 Å². The minimum absolute atomic E-state index is 0.158. The maximum absolute atomic E-state index is 13.4. The third-order valence-electron chi connectivity index (χ3n) is 8.64. The van der Waals surface area contributed by atoms with E-state index >= 15 is 0 Å². The number of rotatable bonds is 8. The lowest BCUT2D eigenvalue weighted by Crippen LogP contribution is -2.57. The summed E-state index contributed by atoms with van der Waals surface area (Å²) >= 11 is 3.30. The van der Waals surface area contributed by atoms with Crippen LogP contribution in [0.4, 0.5) is 11.5 Å². The minimum atomic E-state index is -0.470. The number of nitro groups is 1. The first-order valence-corrected chi connectivity index (χ1v) is 13.8. The van der Waals surface area contributed by atoms with Gasteiger partial charge in [-0.25, -0.2) is 0 Å². The average Bonchev–Trinajstić information content (AvgIpc) is 3.55. The van der Waals surface area contributed by atoms with Crippen LogP contribution in [0, 0.1) is 27.4 Å². The van der Waals surface area contributed by atoms with Crippen LogP contribution in [0.15, 0.2) is 29.3 Å². The Morgan fingerprint density at radius 3 is 2.54 bits per heavy atom. The highest BCUT2D eigenvalue weighted by molar-refractivity contribution is 9.10. The van der Waals surface area contributed by atoms with E-state index in [-0.39, 0.29) is 34.3 Å². The van der Waals surface area contributed by atoms with Gasteiger partial charge in [-0.15, -0.1) is 0 Å². The molecular weight excluding hydrogens is 570 g/mol. The van der Waals surface area contributed by atoms with Gasteiger partial charge >= 0.3 is 5.82 Å². The molecule has 0 saturated heterocycles. The number of carbonyl (C=O) groups excluding carboxylic acids is 2. The normalized spacial score (nSPS) is 27.1. The van der Waals surface area contributed by atoms with Gasteiger partial charge in [0.15, 0.2) is 0 Å². The molecule has 206 valence electrons. The quantitative estimate of drug-likeness (QED) is 0.297. The van der Waals surface area contributed by atoms with Gasteiger partial charge in [0.2, 0.25) is 5.91 Å². The maximum Gasteiger partial charge on any atom is 0.404 e. The highest BCUT2D eigenvalue weighted by Gasteiger charge is 2.60. The standard InChI is InChI=1S/C25H30BrN9O4/c1-32-12-17(10-28-32)9-27-23(37)21-19(11-29-33(21)2)30-20(36)8-24-4-15-3-16(5-24)7-25(6-15,14-24)34-13-18(26)22(31-34)35(38)39/h10-13,15-16H,3-9,14H2,1-2H3,(H,27,37)(H,30,36). The van der Waals surface area contributed by atoms with E-state index in [0.29, 0.717) is 35.0 Å². The van der Waals surface area contributed by atoms with Gasteiger partial charge in [-0.2, -0.15) is 14.9 Å². The number of hydrogen-bond donors (Lipinski definition) is 2. The fourth-order valence-electron chi connectivity index (χ4n) is 7.75. The Bertz CT molecular complexity index is 1460. The molecular formula is C25H30BrN9O4. The molecule has 7 rings (SSSR count). The molecule has 0 aromatic carbocycles. The second-order valence-corrected chi connectivity index (χ2v) is 12.5. The molecule has 39 heavy (non-hydrogen) atoms. The van der Waals surface area contributed by atoms with Gasteiger partial charge in [0.05, 0.1) is 34.9 Å². The van der Waals surface area contributed by atoms with Crippen molar-refractivity contribution in [2.45, 2.75) is 57.0 Å². The number of aromatic nitrogens is 6. The van der Waals surface area contributed by atoms with Crippen LogP contribution >= 0.6 is 15.9 Å². The summed E-state index contributed by atoms with van der Waals surface area (Å²) in [6.07, 6.45) is 12.7. The Balaban J connectivity index is 1.18. The first-order valence-electron chi connectivity index (χ1n) is 13.0.